The molecule has 0 aliphatic heterocycles. The first-order chi connectivity index (χ1) is 47.7. The van der Waals surface area contributed by atoms with Gasteiger partial charge in [-0.1, -0.05) is 371 Å². The lowest BCUT2D eigenvalue weighted by Gasteiger charge is -2.12. The van der Waals surface area contributed by atoms with E-state index in [-0.39, 0.29) is 0 Å². The van der Waals surface area contributed by atoms with Crippen molar-refractivity contribution in [1.29, 1.82) is 0 Å². The highest BCUT2D eigenvalue weighted by atomic mass is 14.2. The molecule has 496 valence electrons. The van der Waals surface area contributed by atoms with Gasteiger partial charge in [-0.05, 0) is 215 Å². The minimum Gasteiger partial charge on any atom is -0.0683 e. The molecule has 18 aromatic carbocycles. The van der Waals surface area contributed by atoms with Gasteiger partial charge in [-0.25, -0.2) is 0 Å². The maximum atomic E-state index is 2.30. The van der Waals surface area contributed by atoms with Crippen molar-refractivity contribution < 1.29 is 0 Å². The van der Waals surface area contributed by atoms with Gasteiger partial charge >= 0.3 is 0 Å². The first-order valence-corrected chi connectivity index (χ1v) is 36.4. The second kappa shape index (κ2) is 38.0. The quantitative estimate of drug-likeness (QED) is 0.105. The predicted octanol–water partition coefficient (Wildman–Crippen LogP) is 31.5. The number of fused-ring (bicyclic) bond motifs is 4. The molecule has 0 heteroatoms. The van der Waals surface area contributed by atoms with Gasteiger partial charge in [-0.2, -0.15) is 0 Å². The van der Waals surface area contributed by atoms with Crippen molar-refractivity contribution in [2.75, 3.05) is 0 Å². The molecule has 0 saturated heterocycles. The molecule has 0 N–H and O–H groups in total. The second-order valence-corrected chi connectivity index (χ2v) is 22.3. The molecule has 0 aliphatic rings. The van der Waals surface area contributed by atoms with Crippen molar-refractivity contribution in [3.8, 4) is 0 Å². The molecule has 0 spiro atoms. The van der Waals surface area contributed by atoms with Crippen LogP contribution in [0.25, 0.3) is 140 Å². The van der Waals surface area contributed by atoms with Crippen LogP contribution in [0.4, 0.5) is 0 Å². The zero-order valence-electron chi connectivity index (χ0n) is 62.5. The van der Waals surface area contributed by atoms with Crippen molar-refractivity contribution in [3.05, 3.63) is 301 Å². The highest BCUT2D eigenvalue weighted by Gasteiger charge is 2.12. The third kappa shape index (κ3) is 16.9. The summed E-state index contributed by atoms with van der Waals surface area (Å²) < 4.78 is 0. The maximum Gasteiger partial charge on any atom is -0.00241 e. The summed E-state index contributed by atoms with van der Waals surface area (Å²) in [5.74, 6) is 0. The minimum absolute atomic E-state index is 1.31. The molecule has 0 heterocycles. The van der Waals surface area contributed by atoms with E-state index in [1.807, 2.05) is 111 Å². The van der Waals surface area contributed by atoms with E-state index in [0.29, 0.717) is 0 Å². The molecule has 0 radical (unpaired) electrons. The smallest absolute Gasteiger partial charge is 0.00241 e. The summed E-state index contributed by atoms with van der Waals surface area (Å²) in [5, 5.41) is 35.3. The summed E-state index contributed by atoms with van der Waals surface area (Å²) in [6, 6.07) is 98.7. The number of benzene rings is 18. The molecule has 18 aromatic rings. The topological polar surface area (TPSA) is 0 Å². The average molecular weight is 1270 g/mol. The number of hydrogen-bond donors (Lipinski definition) is 0. The standard InChI is InChI=1S/3C17H12.2C15H12.8C2H6/c1-11-10-14-6-2-4-12-8-9-13-5-3-7-15(11)17(13)16(12)14;1-11-9-14-7-5-12-3-2-4-13-6-8-15(10-11)17(14)16(12)13;1-11-5-6-14-8-7-12-3-2-4-13-9-10-15(11)17(14)16(12)13;1-11-14-8-4-2-6-12(14)10-13-7-3-5-9-15(11)13;1-11-6-7-14-9-12-4-2-3-5-13(12)10-15(14)8-11;8*1-2/h3*2-10H,1H3;2*2-10H,1H3;8*1-2H3. The van der Waals surface area contributed by atoms with Crippen LogP contribution in [0.2, 0.25) is 0 Å². The molecule has 97 heavy (non-hydrogen) atoms. The van der Waals surface area contributed by atoms with Crippen LogP contribution < -0.4 is 0 Å². The van der Waals surface area contributed by atoms with E-state index >= 15 is 0 Å². The van der Waals surface area contributed by atoms with Crippen molar-refractivity contribution in [2.45, 2.75) is 145 Å². The van der Waals surface area contributed by atoms with Crippen LogP contribution >= 0.6 is 0 Å². The maximum absolute atomic E-state index is 2.30. The Bertz CT molecular complexity index is 5160. The van der Waals surface area contributed by atoms with Crippen molar-refractivity contribution in [3.63, 3.8) is 0 Å². The van der Waals surface area contributed by atoms with Crippen LogP contribution in [0.3, 0.4) is 0 Å². The Balaban J connectivity index is 0.000000182. The van der Waals surface area contributed by atoms with Crippen LogP contribution in [0.1, 0.15) is 139 Å². The lowest BCUT2D eigenvalue weighted by atomic mass is 9.92. The molecule has 18 rings (SSSR count). The molecule has 0 atom stereocenters. The molecule has 0 amide bonds. The molecule has 0 aliphatic carbocycles. The molecule has 0 aromatic heterocycles. The van der Waals surface area contributed by atoms with Gasteiger partial charge in [0.15, 0.2) is 0 Å². The van der Waals surface area contributed by atoms with Crippen LogP contribution in [0, 0.1) is 34.6 Å². The van der Waals surface area contributed by atoms with E-state index in [9.17, 15) is 0 Å². The number of hydrogen-bond acceptors (Lipinski definition) is 0. The van der Waals surface area contributed by atoms with E-state index < -0.39 is 0 Å². The van der Waals surface area contributed by atoms with Gasteiger partial charge in [0.1, 0.15) is 0 Å². The first-order valence-electron chi connectivity index (χ1n) is 36.4. The Morgan fingerprint density at radius 2 is 0.402 bits per heavy atom. The highest BCUT2D eigenvalue weighted by Crippen LogP contribution is 2.39. The zero-order valence-corrected chi connectivity index (χ0v) is 62.5. The van der Waals surface area contributed by atoms with Gasteiger partial charge in [0.05, 0.1) is 0 Å². The highest BCUT2D eigenvalue weighted by molar-refractivity contribution is 6.26. The van der Waals surface area contributed by atoms with Crippen molar-refractivity contribution in [2.24, 2.45) is 0 Å². The number of rotatable bonds is 0. The summed E-state index contributed by atoms with van der Waals surface area (Å²) in [7, 11) is 0. The van der Waals surface area contributed by atoms with Gasteiger partial charge in [-0.15, -0.1) is 0 Å². The first kappa shape index (κ1) is 76.1. The SMILES string of the molecule is CC.CC.CC.CC.CC.CC.CC.CC.Cc1c2ccccc2cc2ccccc12.Cc1cc2ccc3cccc4ccc(c1)c2c34.Cc1cc2cccc3ccc4cccc1c4c32.Cc1ccc2cc3ccccc3cc2c1.Cc1ccc2ccc3cccc4ccc1c2c34. The molecule has 0 nitrogen and oxygen atoms in total. The Kier molecular flexibility index (Phi) is 29.8. The summed E-state index contributed by atoms with van der Waals surface area (Å²) in [6.07, 6.45) is 0. The Labute approximate surface area is 582 Å². The van der Waals surface area contributed by atoms with Gasteiger partial charge in [-0.3, -0.25) is 0 Å². The van der Waals surface area contributed by atoms with Crippen molar-refractivity contribution in [1.82, 2.24) is 0 Å². The second-order valence-electron chi connectivity index (χ2n) is 22.3. The average Bonchev–Trinajstić information content (AvgIpc) is 0.759. The predicted molar refractivity (Wildman–Crippen MR) is 448 cm³/mol. The van der Waals surface area contributed by atoms with Crippen LogP contribution in [0.5, 0.6) is 0 Å². The molecular weight excluding hydrogens is 1170 g/mol. The molecule has 0 saturated carbocycles. The summed E-state index contributed by atoms with van der Waals surface area (Å²) >= 11 is 0. The monoisotopic (exact) mass is 1270 g/mol. The Hall–Kier alpha value is -9.88. The summed E-state index contributed by atoms with van der Waals surface area (Å²) in [4.78, 5) is 0. The van der Waals surface area contributed by atoms with Crippen LogP contribution in [-0.4, -0.2) is 0 Å². The van der Waals surface area contributed by atoms with Crippen molar-refractivity contribution >= 4 is 140 Å². The molecule has 0 fully saturated rings. The molecular formula is C97H108. The van der Waals surface area contributed by atoms with Crippen LogP contribution in [-0.2, 0) is 0 Å². The Morgan fingerprint density at radius 3 is 0.876 bits per heavy atom. The van der Waals surface area contributed by atoms with E-state index in [1.165, 1.54) is 168 Å². The largest absolute Gasteiger partial charge is 0.0683 e. The van der Waals surface area contributed by atoms with E-state index in [1.54, 1.807) is 0 Å². The fourth-order valence-corrected chi connectivity index (χ4v) is 13.0. The summed E-state index contributed by atoms with van der Waals surface area (Å²) in [5.41, 5.74) is 6.75. The lowest BCUT2D eigenvalue weighted by molar-refractivity contribution is 1.50. The Morgan fingerprint density at radius 1 is 0.144 bits per heavy atom. The molecule has 0 bridgehead atoms. The lowest BCUT2D eigenvalue weighted by Crippen LogP contribution is -1.85. The third-order valence-electron chi connectivity index (χ3n) is 17.0. The fourth-order valence-electron chi connectivity index (χ4n) is 13.0. The summed E-state index contributed by atoms with van der Waals surface area (Å²) in [6.45, 7) is 42.9. The van der Waals surface area contributed by atoms with Gasteiger partial charge in [0.2, 0.25) is 0 Å². The van der Waals surface area contributed by atoms with Crippen LogP contribution in [0.15, 0.2) is 273 Å². The minimum atomic E-state index is 1.31. The molecule has 0 unspecified atom stereocenters. The third-order valence-corrected chi connectivity index (χ3v) is 17.0. The van der Waals surface area contributed by atoms with Gasteiger partial charge < -0.3 is 0 Å². The van der Waals surface area contributed by atoms with E-state index in [4.69, 9.17) is 0 Å². The fraction of sp³-hybridized carbons (Fsp3) is 0.216. The van der Waals surface area contributed by atoms with Gasteiger partial charge in [0.25, 0.3) is 0 Å². The van der Waals surface area contributed by atoms with E-state index in [0.717, 1.165) is 0 Å². The van der Waals surface area contributed by atoms with E-state index in [2.05, 4.69) is 308 Å². The normalized spacial score (nSPS) is 10.1. The zero-order chi connectivity index (χ0) is 70.7. The van der Waals surface area contributed by atoms with Gasteiger partial charge in [0, 0.05) is 0 Å². The number of aryl methyl sites for hydroxylation is 5.